The zero-order valence-corrected chi connectivity index (χ0v) is 14.6. The molecule has 1 aromatic carbocycles. The van der Waals surface area contributed by atoms with Gasteiger partial charge in [0.05, 0.1) is 0 Å². The fourth-order valence-corrected chi connectivity index (χ4v) is 3.38. The van der Waals surface area contributed by atoms with E-state index in [0.717, 1.165) is 26.2 Å². The van der Waals surface area contributed by atoms with Gasteiger partial charge in [-0.2, -0.15) is 0 Å². The molecule has 128 valence electrons. The lowest BCUT2D eigenvalue weighted by molar-refractivity contribution is 0.192. The van der Waals surface area contributed by atoms with Gasteiger partial charge in [0.15, 0.2) is 5.13 Å². The van der Waals surface area contributed by atoms with Gasteiger partial charge in [0, 0.05) is 56.0 Å². The van der Waals surface area contributed by atoms with Gasteiger partial charge in [-0.3, -0.25) is 10.2 Å². The highest BCUT2D eigenvalue weighted by atomic mass is 32.1. The lowest BCUT2D eigenvalue weighted by Gasteiger charge is -2.39. The summed E-state index contributed by atoms with van der Waals surface area (Å²) in [6.07, 6.45) is 1.68. The number of hydrogen-bond acceptors (Lipinski definition) is 5. The number of anilines is 2. The molecule has 0 bridgehead atoms. The molecule has 2 amide bonds. The van der Waals surface area contributed by atoms with Crippen LogP contribution in [0, 0.1) is 0 Å². The van der Waals surface area contributed by atoms with E-state index in [0.29, 0.717) is 17.7 Å². The van der Waals surface area contributed by atoms with Crippen molar-refractivity contribution in [1.82, 2.24) is 15.2 Å². The first kappa shape index (κ1) is 16.7. The summed E-state index contributed by atoms with van der Waals surface area (Å²) in [5, 5.41) is 8.12. The van der Waals surface area contributed by atoms with Crippen LogP contribution in [0.25, 0.3) is 0 Å². The first-order valence-electron chi connectivity index (χ1n) is 8.21. The summed E-state index contributed by atoms with van der Waals surface area (Å²) in [6.45, 7) is 6.82. The molecular weight excluding hydrogens is 322 g/mol. The summed E-state index contributed by atoms with van der Waals surface area (Å²) >= 11 is 1.41. The van der Waals surface area contributed by atoms with Crippen LogP contribution in [-0.2, 0) is 0 Å². The number of nitrogens with one attached hydrogen (secondary N) is 2. The molecule has 2 aromatic rings. The van der Waals surface area contributed by atoms with Crippen molar-refractivity contribution in [1.29, 1.82) is 0 Å². The average molecular weight is 345 g/mol. The maximum atomic E-state index is 11.9. The number of carbonyl (C=O) groups is 1. The molecule has 2 heterocycles. The molecular formula is C17H23N5OS. The van der Waals surface area contributed by atoms with Crippen molar-refractivity contribution in [3.63, 3.8) is 0 Å². The van der Waals surface area contributed by atoms with Crippen molar-refractivity contribution in [2.45, 2.75) is 13.0 Å². The number of aromatic nitrogens is 1. The molecule has 7 heteroatoms. The molecule has 0 saturated carbocycles. The maximum absolute atomic E-state index is 11.9. The number of thiazole rings is 1. The molecule has 0 unspecified atom stereocenters. The smallest absolute Gasteiger partial charge is 0.321 e. The molecule has 2 N–H and O–H groups in total. The molecule has 1 fully saturated rings. The summed E-state index contributed by atoms with van der Waals surface area (Å²) in [5.74, 6) is 0. The molecule has 1 aromatic heterocycles. The second-order valence-electron chi connectivity index (χ2n) is 5.88. The first-order chi connectivity index (χ1) is 11.7. The van der Waals surface area contributed by atoms with Crippen LogP contribution in [0.1, 0.15) is 6.92 Å². The highest BCUT2D eigenvalue weighted by Crippen LogP contribution is 2.16. The SMILES string of the molecule is C[C@@H](CNC(=O)Nc1nccs1)N1CCN(c2ccccc2)CC1. The van der Waals surface area contributed by atoms with Crippen molar-refractivity contribution in [2.24, 2.45) is 0 Å². The number of nitrogens with zero attached hydrogens (tertiary/aromatic N) is 3. The highest BCUT2D eigenvalue weighted by molar-refractivity contribution is 7.13. The van der Waals surface area contributed by atoms with Gasteiger partial charge in [-0.05, 0) is 19.1 Å². The van der Waals surface area contributed by atoms with Crippen LogP contribution in [0.5, 0.6) is 0 Å². The Morgan fingerprint density at radius 1 is 1.25 bits per heavy atom. The van der Waals surface area contributed by atoms with Gasteiger partial charge in [-0.15, -0.1) is 11.3 Å². The summed E-state index contributed by atoms with van der Waals surface area (Å²) in [6, 6.07) is 10.6. The van der Waals surface area contributed by atoms with Crippen LogP contribution in [0.3, 0.4) is 0 Å². The van der Waals surface area contributed by atoms with E-state index in [4.69, 9.17) is 0 Å². The van der Waals surface area contributed by atoms with Gasteiger partial charge in [0.2, 0.25) is 0 Å². The molecule has 0 radical (unpaired) electrons. The summed E-state index contributed by atoms with van der Waals surface area (Å²) in [7, 11) is 0. The quantitative estimate of drug-likeness (QED) is 0.874. The molecule has 1 saturated heterocycles. The number of para-hydroxylation sites is 1. The number of piperazine rings is 1. The number of hydrogen-bond donors (Lipinski definition) is 2. The third kappa shape index (κ3) is 4.46. The third-order valence-corrected chi connectivity index (χ3v) is 4.96. The van der Waals surface area contributed by atoms with Gasteiger partial charge >= 0.3 is 6.03 Å². The van der Waals surface area contributed by atoms with Gasteiger partial charge in [-0.1, -0.05) is 18.2 Å². The molecule has 3 rings (SSSR count). The molecule has 24 heavy (non-hydrogen) atoms. The average Bonchev–Trinajstić information content (AvgIpc) is 3.13. The van der Waals surface area contributed by atoms with Crippen molar-refractivity contribution in [3.8, 4) is 0 Å². The van der Waals surface area contributed by atoms with E-state index in [1.54, 1.807) is 6.20 Å². The van der Waals surface area contributed by atoms with Crippen LogP contribution in [0.2, 0.25) is 0 Å². The van der Waals surface area contributed by atoms with Crippen molar-refractivity contribution >= 4 is 28.2 Å². The number of benzene rings is 1. The van der Waals surface area contributed by atoms with Crippen molar-refractivity contribution in [3.05, 3.63) is 41.9 Å². The zero-order chi connectivity index (χ0) is 16.8. The van der Waals surface area contributed by atoms with Crippen LogP contribution >= 0.6 is 11.3 Å². The fraction of sp³-hybridized carbons (Fsp3) is 0.412. The molecule has 6 nitrogen and oxygen atoms in total. The van der Waals surface area contributed by atoms with E-state index in [2.05, 4.69) is 56.6 Å². The van der Waals surface area contributed by atoms with Gasteiger partial charge in [0.25, 0.3) is 0 Å². The van der Waals surface area contributed by atoms with Gasteiger partial charge in [0.1, 0.15) is 0 Å². The molecule has 1 aliphatic rings. The van der Waals surface area contributed by atoms with Gasteiger partial charge < -0.3 is 10.2 Å². The minimum atomic E-state index is -0.195. The first-order valence-corrected chi connectivity index (χ1v) is 9.09. The minimum Gasteiger partial charge on any atom is -0.369 e. The van der Waals surface area contributed by atoms with Crippen molar-refractivity contribution < 1.29 is 4.79 Å². The van der Waals surface area contributed by atoms with E-state index in [-0.39, 0.29) is 6.03 Å². The molecule has 0 spiro atoms. The maximum Gasteiger partial charge on any atom is 0.321 e. The number of carbonyl (C=O) groups excluding carboxylic acids is 1. The normalized spacial score (nSPS) is 16.6. The Bertz CT molecular complexity index is 626. The zero-order valence-electron chi connectivity index (χ0n) is 13.8. The van der Waals surface area contributed by atoms with Crippen LogP contribution in [-0.4, -0.2) is 54.7 Å². The third-order valence-electron chi connectivity index (χ3n) is 4.27. The largest absolute Gasteiger partial charge is 0.369 e. The van der Waals surface area contributed by atoms with E-state index < -0.39 is 0 Å². The van der Waals surface area contributed by atoms with E-state index in [1.807, 2.05) is 11.4 Å². The lowest BCUT2D eigenvalue weighted by atomic mass is 10.2. The van der Waals surface area contributed by atoms with Gasteiger partial charge in [-0.25, -0.2) is 9.78 Å². The second kappa shape index (κ2) is 8.12. The monoisotopic (exact) mass is 345 g/mol. The minimum absolute atomic E-state index is 0.195. The Balaban J connectivity index is 1.40. The standard InChI is InChI=1S/C17H23N5OS/c1-14(13-19-16(23)20-17-18-7-12-24-17)21-8-10-22(11-9-21)15-5-3-2-4-6-15/h2-7,12,14H,8-11,13H2,1H3,(H2,18,19,20,23)/t14-/m0/s1. The Hall–Kier alpha value is -2.12. The molecule has 1 atom stereocenters. The highest BCUT2D eigenvalue weighted by Gasteiger charge is 2.21. The van der Waals surface area contributed by atoms with Crippen LogP contribution < -0.4 is 15.5 Å². The van der Waals surface area contributed by atoms with E-state index in [1.165, 1.54) is 17.0 Å². The fourth-order valence-electron chi connectivity index (χ4n) is 2.86. The topological polar surface area (TPSA) is 60.5 Å². The molecule has 1 aliphatic heterocycles. The Morgan fingerprint density at radius 3 is 2.67 bits per heavy atom. The lowest BCUT2D eigenvalue weighted by Crippen LogP contribution is -2.52. The number of amides is 2. The Morgan fingerprint density at radius 2 is 2.00 bits per heavy atom. The van der Waals surface area contributed by atoms with Crippen LogP contribution in [0.4, 0.5) is 15.6 Å². The number of urea groups is 1. The summed E-state index contributed by atoms with van der Waals surface area (Å²) < 4.78 is 0. The summed E-state index contributed by atoms with van der Waals surface area (Å²) in [4.78, 5) is 20.7. The predicted octanol–water partition coefficient (Wildman–Crippen LogP) is 2.48. The van der Waals surface area contributed by atoms with Crippen molar-refractivity contribution in [2.75, 3.05) is 42.9 Å². The van der Waals surface area contributed by atoms with E-state index in [9.17, 15) is 4.79 Å². The second-order valence-corrected chi connectivity index (χ2v) is 6.77. The Labute approximate surface area is 146 Å². The van der Waals surface area contributed by atoms with E-state index >= 15 is 0 Å². The van der Waals surface area contributed by atoms with Crippen LogP contribution in [0.15, 0.2) is 41.9 Å². The Kier molecular flexibility index (Phi) is 5.66. The molecule has 0 aliphatic carbocycles. The number of rotatable bonds is 5. The predicted molar refractivity (Wildman–Crippen MR) is 98.8 cm³/mol. The summed E-state index contributed by atoms with van der Waals surface area (Å²) in [5.41, 5.74) is 1.28.